The van der Waals surface area contributed by atoms with Gasteiger partial charge in [-0.3, -0.25) is 4.79 Å². The molecule has 2 rings (SSSR count). The van der Waals surface area contributed by atoms with Crippen LogP contribution in [0.25, 0.3) is 0 Å². The van der Waals surface area contributed by atoms with Crippen molar-refractivity contribution >= 4 is 5.78 Å². The van der Waals surface area contributed by atoms with E-state index in [1.54, 1.807) is 33.5 Å². The lowest BCUT2D eigenvalue weighted by Gasteiger charge is -2.16. The number of carbonyl (C=O) groups is 1. The van der Waals surface area contributed by atoms with Crippen LogP contribution in [0.3, 0.4) is 0 Å². The number of methoxy groups -OCH3 is 3. The maximum Gasteiger partial charge on any atom is 0.170 e. The van der Waals surface area contributed by atoms with Crippen LogP contribution in [0.15, 0.2) is 12.1 Å². The molecular formula is C17H25ClNO4-. The molecule has 0 radical (unpaired) electrons. The number of benzene rings is 1. The molecule has 1 aliphatic rings. The Bertz CT molecular complexity index is 490. The predicted molar refractivity (Wildman–Crippen MR) is 85.3 cm³/mol. The van der Waals surface area contributed by atoms with Crippen LogP contribution in [0.5, 0.6) is 17.2 Å². The first-order valence-corrected chi connectivity index (χ1v) is 7.75. The maximum absolute atomic E-state index is 12.6. The Labute approximate surface area is 144 Å². The lowest BCUT2D eigenvalue weighted by molar-refractivity contribution is -0.0000141. The molecule has 0 N–H and O–H groups in total. The second-order valence-corrected chi connectivity index (χ2v) is 5.48. The number of Topliss-reactive ketones (excluding diaryl/α,β-unsaturated/α-hetero) is 1. The molecule has 0 spiro atoms. The molecule has 0 atom stereocenters. The van der Waals surface area contributed by atoms with Gasteiger partial charge in [0.1, 0.15) is 22.8 Å². The van der Waals surface area contributed by atoms with E-state index >= 15 is 0 Å². The summed E-state index contributed by atoms with van der Waals surface area (Å²) in [5.41, 5.74) is 0.507. The second-order valence-electron chi connectivity index (χ2n) is 5.48. The standard InChI is InChI=1S/C17H25NO4.ClH/c1-20-13-11-15(21-2)17(16(12-13)22-3)14(19)7-6-10-18-8-4-5-9-18;/h11-12H,4-10H2,1-3H3;1H/p-1. The largest absolute Gasteiger partial charge is 1.00 e. The molecule has 1 saturated heterocycles. The van der Waals surface area contributed by atoms with E-state index in [2.05, 4.69) is 4.90 Å². The smallest absolute Gasteiger partial charge is 0.170 e. The Morgan fingerprint density at radius 1 is 1.04 bits per heavy atom. The van der Waals surface area contributed by atoms with Crippen molar-refractivity contribution in [2.45, 2.75) is 25.7 Å². The molecule has 1 heterocycles. The summed E-state index contributed by atoms with van der Waals surface area (Å²) in [5, 5.41) is 0. The topological polar surface area (TPSA) is 48.0 Å². The lowest BCUT2D eigenvalue weighted by Crippen LogP contribution is -3.00. The van der Waals surface area contributed by atoms with Gasteiger partial charge in [-0.15, -0.1) is 0 Å². The van der Waals surface area contributed by atoms with Crippen molar-refractivity contribution < 1.29 is 31.4 Å². The fourth-order valence-electron chi connectivity index (χ4n) is 2.87. The average molecular weight is 343 g/mol. The summed E-state index contributed by atoms with van der Waals surface area (Å²) in [6.45, 7) is 3.29. The zero-order valence-corrected chi connectivity index (χ0v) is 14.8. The SMILES string of the molecule is COc1cc(OC)c(C(=O)CCCN2CCCC2)c(OC)c1.[Cl-]. The minimum Gasteiger partial charge on any atom is -1.00 e. The highest BCUT2D eigenvalue weighted by atomic mass is 35.5. The van der Waals surface area contributed by atoms with Crippen molar-refractivity contribution in [2.24, 2.45) is 0 Å². The van der Waals surface area contributed by atoms with Crippen molar-refractivity contribution in [1.82, 2.24) is 4.90 Å². The van der Waals surface area contributed by atoms with Gasteiger partial charge in [0.15, 0.2) is 5.78 Å². The van der Waals surface area contributed by atoms with Crippen molar-refractivity contribution in [3.05, 3.63) is 17.7 Å². The minimum atomic E-state index is 0. The molecule has 1 fully saturated rings. The minimum absolute atomic E-state index is 0. The van der Waals surface area contributed by atoms with E-state index in [1.807, 2.05) is 0 Å². The summed E-state index contributed by atoms with van der Waals surface area (Å²) in [7, 11) is 4.68. The molecule has 5 nitrogen and oxygen atoms in total. The van der Waals surface area contributed by atoms with Crippen LogP contribution in [0, 0.1) is 0 Å². The van der Waals surface area contributed by atoms with E-state index < -0.39 is 0 Å². The Morgan fingerprint density at radius 2 is 1.61 bits per heavy atom. The molecule has 0 saturated carbocycles. The third-order valence-corrected chi connectivity index (χ3v) is 4.07. The molecular weight excluding hydrogens is 318 g/mol. The third kappa shape index (κ3) is 5.01. The fourth-order valence-corrected chi connectivity index (χ4v) is 2.87. The van der Waals surface area contributed by atoms with Crippen LogP contribution < -0.4 is 26.6 Å². The fraction of sp³-hybridized carbons (Fsp3) is 0.588. The molecule has 0 aromatic heterocycles. The molecule has 6 heteroatoms. The first-order chi connectivity index (χ1) is 10.7. The van der Waals surface area contributed by atoms with Gasteiger partial charge in [-0.05, 0) is 38.9 Å². The first-order valence-electron chi connectivity index (χ1n) is 7.75. The number of hydrogen-bond donors (Lipinski definition) is 0. The van der Waals surface area contributed by atoms with Crippen LogP contribution in [-0.4, -0.2) is 51.6 Å². The number of likely N-dealkylation sites (tertiary alicyclic amines) is 1. The van der Waals surface area contributed by atoms with Crippen molar-refractivity contribution in [2.75, 3.05) is 41.0 Å². The molecule has 1 aromatic carbocycles. The van der Waals surface area contributed by atoms with E-state index in [9.17, 15) is 4.79 Å². The van der Waals surface area contributed by atoms with E-state index in [-0.39, 0.29) is 18.2 Å². The summed E-state index contributed by atoms with van der Waals surface area (Å²) in [4.78, 5) is 15.0. The van der Waals surface area contributed by atoms with Gasteiger partial charge < -0.3 is 31.5 Å². The zero-order valence-electron chi connectivity index (χ0n) is 14.1. The number of hydrogen-bond acceptors (Lipinski definition) is 5. The monoisotopic (exact) mass is 342 g/mol. The summed E-state index contributed by atoms with van der Waals surface area (Å²) < 4.78 is 15.9. The number of ether oxygens (including phenoxy) is 3. The molecule has 23 heavy (non-hydrogen) atoms. The van der Waals surface area contributed by atoms with Crippen molar-refractivity contribution in [3.63, 3.8) is 0 Å². The average Bonchev–Trinajstić information content (AvgIpc) is 3.06. The van der Waals surface area contributed by atoms with E-state index in [0.29, 0.717) is 29.2 Å². The number of nitrogens with zero attached hydrogens (tertiary/aromatic N) is 1. The number of rotatable bonds is 8. The molecule has 0 bridgehead atoms. The predicted octanol–water partition coefficient (Wildman–Crippen LogP) is -0.225. The van der Waals surface area contributed by atoms with Crippen LogP contribution in [0.1, 0.15) is 36.0 Å². The molecule has 1 aromatic rings. The normalized spacial score (nSPS) is 14.2. The Kier molecular flexibility index (Phi) is 8.20. The van der Waals surface area contributed by atoms with Crippen molar-refractivity contribution in [1.29, 1.82) is 0 Å². The Balaban J connectivity index is 0.00000264. The van der Waals surface area contributed by atoms with E-state index in [1.165, 1.54) is 12.8 Å². The molecule has 0 aliphatic carbocycles. The van der Waals surface area contributed by atoms with Crippen LogP contribution in [0.2, 0.25) is 0 Å². The van der Waals surface area contributed by atoms with Gasteiger partial charge in [0.2, 0.25) is 0 Å². The van der Waals surface area contributed by atoms with E-state index in [4.69, 9.17) is 14.2 Å². The maximum atomic E-state index is 12.6. The molecule has 0 unspecified atom stereocenters. The number of ketones is 1. The van der Waals surface area contributed by atoms with Gasteiger partial charge in [-0.25, -0.2) is 0 Å². The van der Waals surface area contributed by atoms with Crippen LogP contribution in [0.4, 0.5) is 0 Å². The number of carbonyl (C=O) groups excluding carboxylic acids is 1. The van der Waals surface area contributed by atoms with Crippen LogP contribution in [-0.2, 0) is 0 Å². The lowest BCUT2D eigenvalue weighted by atomic mass is 10.0. The second kappa shape index (κ2) is 9.63. The highest BCUT2D eigenvalue weighted by molar-refractivity contribution is 6.01. The zero-order chi connectivity index (χ0) is 15.9. The molecule has 1 aliphatic heterocycles. The highest BCUT2D eigenvalue weighted by Gasteiger charge is 2.20. The van der Waals surface area contributed by atoms with Crippen molar-refractivity contribution in [3.8, 4) is 17.2 Å². The Hall–Kier alpha value is -1.46. The summed E-state index contributed by atoms with van der Waals surface area (Å²) in [6, 6.07) is 3.44. The number of halogens is 1. The van der Waals surface area contributed by atoms with Gasteiger partial charge in [0.25, 0.3) is 0 Å². The first kappa shape index (κ1) is 19.6. The summed E-state index contributed by atoms with van der Waals surface area (Å²) in [5.74, 6) is 1.67. The third-order valence-electron chi connectivity index (χ3n) is 4.07. The molecule has 0 amide bonds. The van der Waals surface area contributed by atoms with Gasteiger partial charge in [-0.2, -0.15) is 0 Å². The van der Waals surface area contributed by atoms with Crippen LogP contribution >= 0.6 is 0 Å². The van der Waals surface area contributed by atoms with E-state index in [0.717, 1.165) is 26.1 Å². The van der Waals surface area contributed by atoms with Gasteiger partial charge in [-0.1, -0.05) is 0 Å². The molecule has 130 valence electrons. The quantitative estimate of drug-likeness (QED) is 0.611. The summed E-state index contributed by atoms with van der Waals surface area (Å²) >= 11 is 0. The van der Waals surface area contributed by atoms with Gasteiger partial charge in [0.05, 0.1) is 21.3 Å². The highest BCUT2D eigenvalue weighted by Crippen LogP contribution is 2.35. The van der Waals surface area contributed by atoms with Gasteiger partial charge >= 0.3 is 0 Å². The van der Waals surface area contributed by atoms with Gasteiger partial charge in [0, 0.05) is 18.6 Å². The Morgan fingerprint density at radius 3 is 2.09 bits per heavy atom. The summed E-state index contributed by atoms with van der Waals surface area (Å²) in [6.07, 6.45) is 3.90.